The molecule has 1 atom stereocenters. The molecule has 9 rings (SSSR count). The van der Waals surface area contributed by atoms with E-state index in [1.54, 1.807) is 10.8 Å². The minimum absolute atomic E-state index is 0. The third kappa shape index (κ3) is 6.28. The van der Waals surface area contributed by atoms with E-state index in [2.05, 4.69) is 105 Å². The Labute approximate surface area is 303 Å². The van der Waals surface area contributed by atoms with Gasteiger partial charge in [-0.05, 0) is 65.5 Å². The van der Waals surface area contributed by atoms with Gasteiger partial charge in [0.1, 0.15) is 5.58 Å². The number of nitrogens with zero attached hydrogens (tertiary/aromatic N) is 2. The molecule has 3 nitrogen and oxygen atoms in total. The summed E-state index contributed by atoms with van der Waals surface area (Å²) in [6.45, 7) is 7.27. The van der Waals surface area contributed by atoms with Crippen LogP contribution in [-0.4, -0.2) is 18.8 Å². The Morgan fingerprint density at radius 1 is 0.714 bits per heavy atom. The molecule has 0 spiro atoms. The maximum atomic E-state index is 6.27. The van der Waals surface area contributed by atoms with Crippen LogP contribution in [0, 0.1) is 12.1 Å². The van der Waals surface area contributed by atoms with Gasteiger partial charge in [0.15, 0.2) is 0 Å². The zero-order valence-corrected chi connectivity index (χ0v) is 31.5. The van der Waals surface area contributed by atoms with Crippen molar-refractivity contribution >= 4 is 46.6 Å². The molecule has 2 aliphatic rings. The van der Waals surface area contributed by atoms with Crippen LogP contribution < -0.4 is 5.19 Å². The van der Waals surface area contributed by atoms with E-state index in [4.69, 9.17) is 14.4 Å². The van der Waals surface area contributed by atoms with Gasteiger partial charge in [0, 0.05) is 37.6 Å². The molecule has 1 aliphatic carbocycles. The minimum Gasteiger partial charge on any atom is -0.501 e. The van der Waals surface area contributed by atoms with Gasteiger partial charge in [-0.3, -0.25) is 4.99 Å². The number of rotatable bonds is 4. The number of furan rings is 1. The SMILES string of the molecule is C[Si](C)(C)c1cnc(-c2[c-]cccc2)c2c1CCCC2.[Ir].[c-]1ccc2c(oc3ccccc32)c1C1=Nc2ccccc2C1c1ccccc1. The van der Waals surface area contributed by atoms with Crippen molar-refractivity contribution < 1.29 is 24.5 Å². The largest absolute Gasteiger partial charge is 0.501 e. The van der Waals surface area contributed by atoms with Crippen molar-refractivity contribution in [2.75, 3.05) is 0 Å². The van der Waals surface area contributed by atoms with Crippen LogP contribution in [0.2, 0.25) is 19.6 Å². The Bertz CT molecular complexity index is 2290. The summed E-state index contributed by atoms with van der Waals surface area (Å²) >= 11 is 0. The van der Waals surface area contributed by atoms with Gasteiger partial charge in [0.2, 0.25) is 0 Å². The zero-order chi connectivity index (χ0) is 32.7. The first-order valence-corrected chi connectivity index (χ1v) is 20.5. The second kappa shape index (κ2) is 13.8. The number of aromatic nitrogens is 1. The van der Waals surface area contributed by atoms with E-state index in [1.165, 1.54) is 48.1 Å². The van der Waals surface area contributed by atoms with Gasteiger partial charge in [-0.2, -0.15) is 0 Å². The van der Waals surface area contributed by atoms with Crippen molar-refractivity contribution in [2.45, 2.75) is 51.2 Å². The molecule has 0 saturated heterocycles. The summed E-state index contributed by atoms with van der Waals surface area (Å²) < 4.78 is 6.27. The summed E-state index contributed by atoms with van der Waals surface area (Å²) in [6, 6.07) is 46.1. The van der Waals surface area contributed by atoms with Crippen molar-refractivity contribution in [3.63, 3.8) is 0 Å². The third-order valence-electron chi connectivity index (χ3n) is 9.66. The first-order valence-electron chi connectivity index (χ1n) is 17.0. The summed E-state index contributed by atoms with van der Waals surface area (Å²) in [5.41, 5.74) is 12.6. The summed E-state index contributed by atoms with van der Waals surface area (Å²) in [6.07, 6.45) is 7.19. The average Bonchev–Trinajstić information content (AvgIpc) is 3.71. The molecular weight excluding hydrogens is 793 g/mol. The molecule has 1 radical (unpaired) electrons. The molecule has 1 unspecified atom stereocenters. The van der Waals surface area contributed by atoms with E-state index in [9.17, 15) is 0 Å². The number of pyridine rings is 1. The van der Waals surface area contributed by atoms with Gasteiger partial charge < -0.3 is 9.40 Å². The monoisotopic (exact) mass is 831 g/mol. The Hall–Kier alpha value is -4.41. The summed E-state index contributed by atoms with van der Waals surface area (Å²) in [5, 5.41) is 3.79. The van der Waals surface area contributed by atoms with Crippen LogP contribution in [0.25, 0.3) is 33.2 Å². The van der Waals surface area contributed by atoms with Crippen molar-refractivity contribution in [1.29, 1.82) is 0 Å². The standard InChI is InChI=1S/C26H16NO.C18H22NSi.Ir/c1-2-9-17(10-3-1)24-20-12-4-6-15-22(20)27-25(24)21-14-8-13-19-18-11-5-7-16-23(18)28-26(19)21;1-20(2,3)17-13-19-18(14-9-5-4-6-10-14)16-12-8-7-11-15(16)17;/h1-13,15-16,24H;4-6,9,13H,7-8,11-12H2,1-3H3;/q2*-1;. The van der Waals surface area contributed by atoms with Gasteiger partial charge >= 0.3 is 0 Å². The Morgan fingerprint density at radius 3 is 2.24 bits per heavy atom. The molecule has 245 valence electrons. The van der Waals surface area contributed by atoms with E-state index in [-0.39, 0.29) is 26.0 Å². The fraction of sp³-hybridized carbons (Fsp3) is 0.182. The Morgan fingerprint density at radius 2 is 1.45 bits per heavy atom. The van der Waals surface area contributed by atoms with Crippen molar-refractivity contribution in [2.24, 2.45) is 4.99 Å². The molecular formula is C44H38IrN2OSi-2. The predicted molar refractivity (Wildman–Crippen MR) is 202 cm³/mol. The number of hydrogen-bond donors (Lipinski definition) is 0. The molecule has 7 aromatic rings. The maximum absolute atomic E-state index is 6.27. The van der Waals surface area contributed by atoms with Crippen molar-refractivity contribution in [3.05, 3.63) is 161 Å². The number of aliphatic imine (C=N–C) groups is 1. The molecule has 5 aromatic carbocycles. The van der Waals surface area contributed by atoms with Gasteiger partial charge in [-0.1, -0.05) is 108 Å². The molecule has 0 bridgehead atoms. The smallest absolute Gasteiger partial charge is 0.120 e. The second-order valence-corrected chi connectivity index (χ2v) is 18.8. The Kier molecular flexibility index (Phi) is 9.35. The third-order valence-corrected chi connectivity index (χ3v) is 11.7. The predicted octanol–water partition coefficient (Wildman–Crippen LogP) is 10.6. The van der Waals surface area contributed by atoms with Crippen molar-refractivity contribution in [3.8, 4) is 11.3 Å². The molecule has 2 aromatic heterocycles. The van der Waals surface area contributed by atoms with Crippen LogP contribution in [0.3, 0.4) is 0 Å². The molecule has 0 N–H and O–H groups in total. The molecule has 49 heavy (non-hydrogen) atoms. The topological polar surface area (TPSA) is 38.4 Å². The first kappa shape index (κ1) is 33.1. The quantitative estimate of drug-likeness (QED) is 0.131. The summed E-state index contributed by atoms with van der Waals surface area (Å²) in [5.74, 6) is 0.0764. The van der Waals surface area contributed by atoms with E-state index in [0.29, 0.717) is 0 Å². The molecule has 5 heteroatoms. The van der Waals surface area contributed by atoms with E-state index in [0.717, 1.165) is 44.5 Å². The van der Waals surface area contributed by atoms with Crippen LogP contribution in [0.1, 0.15) is 46.6 Å². The van der Waals surface area contributed by atoms with Gasteiger partial charge in [0.25, 0.3) is 0 Å². The minimum atomic E-state index is -1.31. The molecule has 0 amide bonds. The zero-order valence-electron chi connectivity index (χ0n) is 28.1. The van der Waals surface area contributed by atoms with E-state index in [1.807, 2.05) is 48.5 Å². The van der Waals surface area contributed by atoms with E-state index < -0.39 is 8.07 Å². The van der Waals surface area contributed by atoms with Crippen LogP contribution >= 0.6 is 0 Å². The van der Waals surface area contributed by atoms with Crippen LogP contribution in [0.5, 0.6) is 0 Å². The number of benzene rings is 5. The number of para-hydroxylation sites is 2. The second-order valence-electron chi connectivity index (χ2n) is 13.8. The maximum Gasteiger partial charge on any atom is 0.120 e. The summed E-state index contributed by atoms with van der Waals surface area (Å²) in [4.78, 5) is 9.86. The number of hydrogen-bond acceptors (Lipinski definition) is 3. The molecule has 1 aliphatic heterocycles. The van der Waals surface area contributed by atoms with Gasteiger partial charge in [-0.25, -0.2) is 0 Å². The van der Waals surface area contributed by atoms with Gasteiger partial charge in [0.05, 0.1) is 19.3 Å². The fourth-order valence-electron chi connectivity index (χ4n) is 7.41. The van der Waals surface area contributed by atoms with Crippen LogP contribution in [-0.2, 0) is 32.9 Å². The van der Waals surface area contributed by atoms with Gasteiger partial charge in [-0.15, -0.1) is 54.1 Å². The molecule has 3 heterocycles. The van der Waals surface area contributed by atoms with Crippen LogP contribution in [0.15, 0.2) is 131 Å². The fourth-order valence-corrected chi connectivity index (χ4v) is 9.04. The normalized spacial score (nSPS) is 15.1. The number of fused-ring (bicyclic) bond motifs is 5. The van der Waals surface area contributed by atoms with Crippen molar-refractivity contribution in [1.82, 2.24) is 4.98 Å². The molecule has 0 fully saturated rings. The first-order chi connectivity index (χ1) is 23.5. The molecule has 0 saturated carbocycles. The van der Waals surface area contributed by atoms with Crippen LogP contribution in [0.4, 0.5) is 5.69 Å². The van der Waals surface area contributed by atoms with E-state index >= 15 is 0 Å². The summed E-state index contributed by atoms with van der Waals surface area (Å²) in [7, 11) is -1.31. The Balaban J connectivity index is 0.000000160. The average molecular weight is 831 g/mol.